The van der Waals surface area contributed by atoms with E-state index in [2.05, 4.69) is 40.2 Å². The molecule has 0 fully saturated rings. The van der Waals surface area contributed by atoms with E-state index in [9.17, 15) is 4.79 Å². The minimum Gasteiger partial charge on any atom is -0.484 e. The Kier molecular flexibility index (Phi) is 6.40. The SMILES string of the molecule is O=C(COc1ccccc1)NCc1nc2ccccc2n1CCCc1ccccc1. The van der Waals surface area contributed by atoms with Crippen LogP contribution in [0.4, 0.5) is 0 Å². The van der Waals surface area contributed by atoms with Crippen LogP contribution in [0.3, 0.4) is 0 Å². The molecule has 0 unspecified atom stereocenters. The highest BCUT2D eigenvalue weighted by atomic mass is 16.5. The topological polar surface area (TPSA) is 56.1 Å². The molecule has 0 aliphatic rings. The number of aromatic nitrogens is 2. The Hall–Kier alpha value is -3.60. The summed E-state index contributed by atoms with van der Waals surface area (Å²) in [5.41, 5.74) is 3.37. The van der Waals surface area contributed by atoms with Gasteiger partial charge in [-0.05, 0) is 42.7 Å². The van der Waals surface area contributed by atoms with E-state index in [1.807, 2.05) is 54.6 Å². The highest BCUT2D eigenvalue weighted by Crippen LogP contribution is 2.17. The van der Waals surface area contributed by atoms with Crippen LogP contribution in [-0.2, 0) is 24.3 Å². The van der Waals surface area contributed by atoms with Gasteiger partial charge in [-0.25, -0.2) is 4.98 Å². The number of hydrogen-bond donors (Lipinski definition) is 1. The molecule has 0 saturated carbocycles. The third kappa shape index (κ3) is 5.06. The van der Waals surface area contributed by atoms with Crippen molar-refractivity contribution in [3.63, 3.8) is 0 Å². The van der Waals surface area contributed by atoms with Crippen LogP contribution in [0.1, 0.15) is 17.8 Å². The van der Waals surface area contributed by atoms with Crippen molar-refractivity contribution in [3.8, 4) is 5.75 Å². The van der Waals surface area contributed by atoms with Crippen LogP contribution >= 0.6 is 0 Å². The van der Waals surface area contributed by atoms with Crippen molar-refractivity contribution in [3.05, 3.63) is 96.3 Å². The Balaban J connectivity index is 1.38. The molecule has 0 bridgehead atoms. The Morgan fingerprint density at radius 3 is 2.40 bits per heavy atom. The minimum absolute atomic E-state index is 0.0156. The molecule has 1 amide bonds. The van der Waals surface area contributed by atoms with Crippen LogP contribution in [0.2, 0.25) is 0 Å². The normalized spacial score (nSPS) is 10.8. The van der Waals surface area contributed by atoms with E-state index in [4.69, 9.17) is 9.72 Å². The van der Waals surface area contributed by atoms with Crippen molar-refractivity contribution in [1.29, 1.82) is 0 Å². The van der Waals surface area contributed by atoms with Crippen molar-refractivity contribution in [1.82, 2.24) is 14.9 Å². The molecule has 0 saturated heterocycles. The predicted molar refractivity (Wildman–Crippen MR) is 118 cm³/mol. The van der Waals surface area contributed by atoms with Gasteiger partial charge < -0.3 is 14.6 Å². The second-order valence-corrected chi connectivity index (χ2v) is 7.14. The van der Waals surface area contributed by atoms with Crippen molar-refractivity contribution in [2.45, 2.75) is 25.9 Å². The lowest BCUT2D eigenvalue weighted by Crippen LogP contribution is -2.29. The number of nitrogens with zero attached hydrogens (tertiary/aromatic N) is 2. The zero-order chi connectivity index (χ0) is 20.6. The first kappa shape index (κ1) is 19.7. The largest absolute Gasteiger partial charge is 0.484 e. The number of benzene rings is 3. The van der Waals surface area contributed by atoms with Crippen LogP contribution in [0.15, 0.2) is 84.9 Å². The first-order valence-electron chi connectivity index (χ1n) is 10.2. The Morgan fingerprint density at radius 1 is 0.900 bits per heavy atom. The Bertz CT molecular complexity index is 1090. The van der Waals surface area contributed by atoms with Crippen LogP contribution in [0.5, 0.6) is 5.75 Å². The van der Waals surface area contributed by atoms with Gasteiger partial charge in [0.1, 0.15) is 11.6 Å². The monoisotopic (exact) mass is 399 g/mol. The second-order valence-electron chi connectivity index (χ2n) is 7.14. The smallest absolute Gasteiger partial charge is 0.258 e. The fourth-order valence-electron chi connectivity index (χ4n) is 3.49. The van der Waals surface area contributed by atoms with Crippen LogP contribution < -0.4 is 10.1 Å². The molecule has 1 heterocycles. The van der Waals surface area contributed by atoms with E-state index < -0.39 is 0 Å². The molecule has 152 valence electrons. The summed E-state index contributed by atoms with van der Waals surface area (Å²) in [7, 11) is 0. The highest BCUT2D eigenvalue weighted by molar-refractivity contribution is 5.78. The fourth-order valence-corrected chi connectivity index (χ4v) is 3.49. The van der Waals surface area contributed by atoms with Gasteiger partial charge in [0.15, 0.2) is 6.61 Å². The number of imidazole rings is 1. The zero-order valence-electron chi connectivity index (χ0n) is 16.8. The molecule has 0 radical (unpaired) electrons. The van der Waals surface area contributed by atoms with Crippen molar-refractivity contribution in [2.75, 3.05) is 6.61 Å². The summed E-state index contributed by atoms with van der Waals surface area (Å²) in [4.78, 5) is 17.0. The number of amides is 1. The van der Waals surface area contributed by atoms with Gasteiger partial charge in [-0.1, -0.05) is 60.7 Å². The summed E-state index contributed by atoms with van der Waals surface area (Å²) >= 11 is 0. The maximum Gasteiger partial charge on any atom is 0.258 e. The average Bonchev–Trinajstić information content (AvgIpc) is 3.15. The molecule has 5 nitrogen and oxygen atoms in total. The number of fused-ring (bicyclic) bond motifs is 1. The molecule has 0 aliphatic carbocycles. The first-order valence-corrected chi connectivity index (χ1v) is 10.2. The number of aryl methyl sites for hydroxylation is 2. The van der Waals surface area contributed by atoms with Crippen molar-refractivity contribution in [2.24, 2.45) is 0 Å². The first-order chi connectivity index (χ1) is 14.8. The van der Waals surface area contributed by atoms with E-state index in [-0.39, 0.29) is 12.5 Å². The van der Waals surface area contributed by atoms with E-state index >= 15 is 0 Å². The van der Waals surface area contributed by atoms with Gasteiger partial charge in [-0.2, -0.15) is 0 Å². The fraction of sp³-hybridized carbons (Fsp3) is 0.200. The van der Waals surface area contributed by atoms with Gasteiger partial charge in [0.2, 0.25) is 0 Å². The summed E-state index contributed by atoms with van der Waals surface area (Å²) in [5.74, 6) is 1.37. The molecular formula is C25H25N3O2. The summed E-state index contributed by atoms with van der Waals surface area (Å²) < 4.78 is 7.72. The molecule has 0 spiro atoms. The Morgan fingerprint density at radius 2 is 1.60 bits per heavy atom. The maximum absolute atomic E-state index is 12.2. The predicted octanol–water partition coefficient (Wildman–Crippen LogP) is 4.36. The van der Waals surface area contributed by atoms with Gasteiger partial charge >= 0.3 is 0 Å². The molecule has 4 rings (SSSR count). The third-order valence-corrected chi connectivity index (χ3v) is 4.98. The van der Waals surface area contributed by atoms with Crippen LogP contribution in [0.25, 0.3) is 11.0 Å². The van der Waals surface area contributed by atoms with E-state index in [0.717, 1.165) is 36.2 Å². The molecule has 30 heavy (non-hydrogen) atoms. The van der Waals surface area contributed by atoms with E-state index in [1.54, 1.807) is 0 Å². The lowest BCUT2D eigenvalue weighted by molar-refractivity contribution is -0.123. The Labute approximate surface area is 176 Å². The number of hydrogen-bond acceptors (Lipinski definition) is 3. The minimum atomic E-state index is -0.165. The lowest BCUT2D eigenvalue weighted by atomic mass is 10.1. The van der Waals surface area contributed by atoms with E-state index in [1.165, 1.54) is 5.56 Å². The molecular weight excluding hydrogens is 374 g/mol. The number of carbonyl (C=O) groups is 1. The third-order valence-electron chi connectivity index (χ3n) is 4.98. The van der Waals surface area contributed by atoms with Gasteiger partial charge in [-0.15, -0.1) is 0 Å². The average molecular weight is 399 g/mol. The summed E-state index contributed by atoms with van der Waals surface area (Å²) in [6.45, 7) is 1.20. The zero-order valence-corrected chi connectivity index (χ0v) is 16.8. The van der Waals surface area contributed by atoms with Crippen molar-refractivity contribution < 1.29 is 9.53 Å². The summed E-state index contributed by atoms with van der Waals surface area (Å²) in [6, 6.07) is 27.9. The summed E-state index contributed by atoms with van der Waals surface area (Å²) in [6.07, 6.45) is 2.01. The van der Waals surface area contributed by atoms with Crippen LogP contribution in [0, 0.1) is 0 Å². The molecule has 1 aromatic heterocycles. The number of nitrogens with one attached hydrogen (secondary N) is 1. The highest BCUT2D eigenvalue weighted by Gasteiger charge is 2.12. The number of ether oxygens (including phenoxy) is 1. The number of rotatable bonds is 9. The van der Waals surface area contributed by atoms with E-state index in [0.29, 0.717) is 12.3 Å². The lowest BCUT2D eigenvalue weighted by Gasteiger charge is -2.11. The van der Waals surface area contributed by atoms with Crippen LogP contribution in [-0.4, -0.2) is 22.1 Å². The molecule has 4 aromatic rings. The van der Waals surface area contributed by atoms with Gasteiger partial charge in [-0.3, -0.25) is 4.79 Å². The molecule has 0 atom stereocenters. The molecule has 0 aliphatic heterocycles. The molecule has 1 N–H and O–H groups in total. The molecule has 3 aromatic carbocycles. The van der Waals surface area contributed by atoms with Crippen molar-refractivity contribution >= 4 is 16.9 Å². The molecule has 5 heteroatoms. The van der Waals surface area contributed by atoms with Gasteiger partial charge in [0, 0.05) is 6.54 Å². The quantitative estimate of drug-likeness (QED) is 0.455. The number of para-hydroxylation sites is 3. The van der Waals surface area contributed by atoms with Gasteiger partial charge in [0.25, 0.3) is 5.91 Å². The maximum atomic E-state index is 12.2. The second kappa shape index (κ2) is 9.74. The summed E-state index contributed by atoms with van der Waals surface area (Å²) in [5, 5.41) is 2.93. The standard InChI is InChI=1S/C25H25N3O2/c29-25(19-30-21-13-5-2-6-14-21)26-18-24-27-22-15-7-8-16-23(22)28(24)17-9-12-20-10-3-1-4-11-20/h1-8,10-11,13-16H,9,12,17-19H2,(H,26,29). The van der Waals surface area contributed by atoms with Gasteiger partial charge in [0.05, 0.1) is 17.6 Å². The number of carbonyl (C=O) groups excluding carboxylic acids is 1.